The number of hydrogen-bond acceptors (Lipinski definition) is 4. The first kappa shape index (κ1) is 12.7. The van der Waals surface area contributed by atoms with Gasteiger partial charge in [0.1, 0.15) is 11.9 Å². The number of nitrogens with one attached hydrogen (secondary N) is 1. The molecular weight excluding hydrogens is 208 g/mol. The zero-order valence-electron chi connectivity index (χ0n) is 9.64. The van der Waals surface area contributed by atoms with E-state index in [4.69, 9.17) is 10.5 Å². The van der Waals surface area contributed by atoms with Gasteiger partial charge in [0.2, 0.25) is 5.91 Å². The van der Waals surface area contributed by atoms with Crippen LogP contribution in [0, 0.1) is 0 Å². The van der Waals surface area contributed by atoms with Crippen molar-refractivity contribution in [2.45, 2.75) is 25.9 Å². The lowest BCUT2D eigenvalue weighted by molar-refractivity contribution is -0.118. The number of ether oxygens (including phenoxy) is 1. The Morgan fingerprint density at radius 2 is 2.50 bits per heavy atom. The summed E-state index contributed by atoms with van der Waals surface area (Å²) >= 11 is 0. The van der Waals surface area contributed by atoms with Crippen molar-refractivity contribution in [1.29, 1.82) is 0 Å². The summed E-state index contributed by atoms with van der Waals surface area (Å²) in [6.07, 6.45) is 2.60. The number of amides is 1. The molecule has 1 aromatic rings. The molecule has 1 rings (SSSR count). The highest BCUT2D eigenvalue weighted by Gasteiger charge is 2.14. The average Bonchev–Trinajstić information content (AvgIpc) is 2.67. The molecule has 0 radical (unpaired) electrons. The summed E-state index contributed by atoms with van der Waals surface area (Å²) in [6.45, 7) is 3.01. The smallest absolute Gasteiger partial charge is 0.244 e. The summed E-state index contributed by atoms with van der Waals surface area (Å²) in [5.74, 6) is 0.401. The van der Waals surface area contributed by atoms with E-state index in [0.717, 1.165) is 13.0 Å². The Bertz CT molecular complexity index is 337. The second-order valence-corrected chi connectivity index (χ2v) is 3.49. The van der Waals surface area contributed by atoms with E-state index in [1.54, 1.807) is 16.9 Å². The van der Waals surface area contributed by atoms with Gasteiger partial charge >= 0.3 is 0 Å². The molecule has 1 atom stereocenters. The molecule has 1 amide bonds. The summed E-state index contributed by atoms with van der Waals surface area (Å²) in [4.78, 5) is 11.6. The number of aryl methyl sites for hydroxylation is 1. The number of hydrogen-bond donors (Lipinski definition) is 2. The molecule has 0 aliphatic carbocycles. The van der Waals surface area contributed by atoms with E-state index in [1.165, 1.54) is 7.11 Å². The third-order valence-corrected chi connectivity index (χ3v) is 2.09. The molecule has 3 N–H and O–H groups in total. The molecule has 0 fully saturated rings. The van der Waals surface area contributed by atoms with Crippen LogP contribution in [-0.2, 0) is 16.1 Å². The van der Waals surface area contributed by atoms with E-state index in [9.17, 15) is 4.79 Å². The minimum absolute atomic E-state index is 0.202. The second kappa shape index (κ2) is 6.24. The lowest BCUT2D eigenvalue weighted by atomic mass is 10.3. The van der Waals surface area contributed by atoms with Gasteiger partial charge in [0, 0.05) is 19.7 Å². The van der Waals surface area contributed by atoms with Gasteiger partial charge < -0.3 is 15.8 Å². The Hall–Kier alpha value is -1.40. The van der Waals surface area contributed by atoms with E-state index in [0.29, 0.717) is 5.82 Å². The molecule has 90 valence electrons. The van der Waals surface area contributed by atoms with Crippen molar-refractivity contribution < 1.29 is 9.53 Å². The van der Waals surface area contributed by atoms with Crippen LogP contribution in [0.15, 0.2) is 12.3 Å². The minimum atomic E-state index is -0.657. The number of methoxy groups -OCH3 is 1. The molecule has 0 aliphatic heterocycles. The van der Waals surface area contributed by atoms with Crippen molar-refractivity contribution in [2.24, 2.45) is 5.73 Å². The molecule has 0 saturated carbocycles. The third kappa shape index (κ3) is 3.32. The van der Waals surface area contributed by atoms with Gasteiger partial charge in [0.15, 0.2) is 0 Å². The van der Waals surface area contributed by atoms with Crippen molar-refractivity contribution in [3.05, 3.63) is 12.3 Å². The van der Waals surface area contributed by atoms with Gasteiger partial charge in [-0.2, -0.15) is 5.10 Å². The van der Waals surface area contributed by atoms with E-state index in [1.807, 2.05) is 6.92 Å². The number of carbonyl (C=O) groups is 1. The Morgan fingerprint density at radius 1 is 1.75 bits per heavy atom. The SMILES string of the molecule is CCCn1nccc1NC(=O)C(N)COC. The number of nitrogens with two attached hydrogens (primary N) is 1. The Labute approximate surface area is 94.8 Å². The summed E-state index contributed by atoms with van der Waals surface area (Å²) in [7, 11) is 1.51. The maximum atomic E-state index is 11.6. The summed E-state index contributed by atoms with van der Waals surface area (Å²) in [6, 6.07) is 1.09. The molecule has 1 aromatic heterocycles. The number of carbonyl (C=O) groups excluding carboxylic acids is 1. The van der Waals surface area contributed by atoms with Crippen LogP contribution in [0.5, 0.6) is 0 Å². The topological polar surface area (TPSA) is 82.2 Å². The number of aromatic nitrogens is 2. The molecule has 6 nitrogen and oxygen atoms in total. The maximum Gasteiger partial charge on any atom is 0.244 e. The van der Waals surface area contributed by atoms with Gasteiger partial charge in [-0.3, -0.25) is 4.79 Å². The minimum Gasteiger partial charge on any atom is -0.383 e. The lowest BCUT2D eigenvalue weighted by Crippen LogP contribution is -2.39. The first-order valence-corrected chi connectivity index (χ1v) is 5.26. The van der Waals surface area contributed by atoms with Gasteiger partial charge in [-0.05, 0) is 6.42 Å². The fraction of sp³-hybridized carbons (Fsp3) is 0.600. The quantitative estimate of drug-likeness (QED) is 0.726. The Morgan fingerprint density at radius 3 is 3.12 bits per heavy atom. The Balaban J connectivity index is 2.58. The molecule has 0 spiro atoms. The lowest BCUT2D eigenvalue weighted by Gasteiger charge is -2.12. The Kier molecular flexibility index (Phi) is 4.94. The van der Waals surface area contributed by atoms with Gasteiger partial charge in [0.25, 0.3) is 0 Å². The highest BCUT2D eigenvalue weighted by Crippen LogP contribution is 2.07. The van der Waals surface area contributed by atoms with Crippen LogP contribution in [-0.4, -0.2) is 35.4 Å². The molecule has 0 saturated heterocycles. The molecule has 1 unspecified atom stereocenters. The van der Waals surface area contributed by atoms with Crippen molar-refractivity contribution in [3.63, 3.8) is 0 Å². The van der Waals surface area contributed by atoms with E-state index in [2.05, 4.69) is 10.4 Å². The average molecular weight is 226 g/mol. The normalized spacial score (nSPS) is 12.4. The number of anilines is 1. The van der Waals surface area contributed by atoms with Gasteiger partial charge in [-0.15, -0.1) is 0 Å². The van der Waals surface area contributed by atoms with Crippen molar-refractivity contribution in [2.75, 3.05) is 19.0 Å². The standard InChI is InChI=1S/C10H18N4O2/c1-3-6-14-9(4-5-12-14)13-10(15)8(11)7-16-2/h4-5,8H,3,6-7,11H2,1-2H3,(H,13,15). The van der Waals surface area contributed by atoms with Crippen molar-refractivity contribution in [1.82, 2.24) is 9.78 Å². The predicted molar refractivity (Wildman–Crippen MR) is 61.0 cm³/mol. The number of nitrogens with zero attached hydrogens (tertiary/aromatic N) is 2. The fourth-order valence-electron chi connectivity index (χ4n) is 1.30. The molecular formula is C10H18N4O2. The second-order valence-electron chi connectivity index (χ2n) is 3.49. The zero-order chi connectivity index (χ0) is 12.0. The van der Waals surface area contributed by atoms with Crippen LogP contribution in [0.4, 0.5) is 5.82 Å². The van der Waals surface area contributed by atoms with Crippen molar-refractivity contribution in [3.8, 4) is 0 Å². The molecule has 0 bridgehead atoms. The fourth-order valence-corrected chi connectivity index (χ4v) is 1.30. The highest BCUT2D eigenvalue weighted by atomic mass is 16.5. The van der Waals surface area contributed by atoms with Gasteiger partial charge in [0.05, 0.1) is 12.8 Å². The maximum absolute atomic E-state index is 11.6. The predicted octanol–water partition coefficient (Wildman–Crippen LogP) is 0.205. The molecule has 6 heteroatoms. The van der Waals surface area contributed by atoms with Crippen LogP contribution < -0.4 is 11.1 Å². The highest BCUT2D eigenvalue weighted by molar-refractivity contribution is 5.94. The first-order chi connectivity index (χ1) is 7.69. The van der Waals surface area contributed by atoms with Crippen LogP contribution in [0.2, 0.25) is 0 Å². The summed E-state index contributed by atoms with van der Waals surface area (Å²) in [5, 5.41) is 6.81. The summed E-state index contributed by atoms with van der Waals surface area (Å²) in [5.41, 5.74) is 5.60. The van der Waals surface area contributed by atoms with Crippen LogP contribution in [0.25, 0.3) is 0 Å². The van der Waals surface area contributed by atoms with Crippen LogP contribution >= 0.6 is 0 Å². The molecule has 0 aliphatic rings. The largest absolute Gasteiger partial charge is 0.383 e. The third-order valence-electron chi connectivity index (χ3n) is 2.09. The van der Waals surface area contributed by atoms with Gasteiger partial charge in [-0.1, -0.05) is 6.92 Å². The zero-order valence-corrected chi connectivity index (χ0v) is 9.64. The monoisotopic (exact) mass is 226 g/mol. The van der Waals surface area contributed by atoms with E-state index >= 15 is 0 Å². The van der Waals surface area contributed by atoms with E-state index < -0.39 is 6.04 Å². The first-order valence-electron chi connectivity index (χ1n) is 5.26. The summed E-state index contributed by atoms with van der Waals surface area (Å²) < 4.78 is 6.55. The van der Waals surface area contributed by atoms with E-state index in [-0.39, 0.29) is 12.5 Å². The van der Waals surface area contributed by atoms with Crippen molar-refractivity contribution >= 4 is 11.7 Å². The van der Waals surface area contributed by atoms with Crippen LogP contribution in [0.3, 0.4) is 0 Å². The molecule has 0 aromatic carbocycles. The molecule has 16 heavy (non-hydrogen) atoms. The molecule has 1 heterocycles. The van der Waals surface area contributed by atoms with Gasteiger partial charge in [-0.25, -0.2) is 4.68 Å². The van der Waals surface area contributed by atoms with Crippen LogP contribution in [0.1, 0.15) is 13.3 Å². The number of rotatable bonds is 6.